The van der Waals surface area contributed by atoms with Crippen LogP contribution < -0.4 is 10.1 Å². The SMILES string of the molecule is COc1nc(Cl)nc(NCC2CCC(O)C2)n1. The summed E-state index contributed by atoms with van der Waals surface area (Å²) < 4.78 is 4.90. The number of aliphatic hydroxyl groups is 1. The number of nitrogens with zero attached hydrogens (tertiary/aromatic N) is 3. The molecular weight excluding hydrogens is 244 g/mol. The average molecular weight is 259 g/mol. The van der Waals surface area contributed by atoms with Crippen LogP contribution in [0.15, 0.2) is 0 Å². The number of nitrogens with one attached hydrogen (secondary N) is 1. The lowest BCUT2D eigenvalue weighted by Crippen LogP contribution is -2.15. The van der Waals surface area contributed by atoms with E-state index in [0.29, 0.717) is 11.9 Å². The molecule has 94 valence electrons. The van der Waals surface area contributed by atoms with E-state index in [-0.39, 0.29) is 17.4 Å². The molecule has 1 aliphatic rings. The lowest BCUT2D eigenvalue weighted by molar-refractivity contribution is 0.178. The van der Waals surface area contributed by atoms with Crippen molar-refractivity contribution in [2.45, 2.75) is 25.4 Å². The molecule has 1 aromatic heterocycles. The maximum atomic E-state index is 9.41. The topological polar surface area (TPSA) is 80.2 Å². The minimum atomic E-state index is -0.168. The van der Waals surface area contributed by atoms with Crippen LogP contribution in [0.5, 0.6) is 6.01 Å². The molecule has 1 fully saturated rings. The Morgan fingerprint density at radius 2 is 2.24 bits per heavy atom. The highest BCUT2D eigenvalue weighted by Gasteiger charge is 2.22. The third kappa shape index (κ3) is 3.41. The standard InChI is InChI=1S/C10H15ClN4O2/c1-17-10-14-8(11)13-9(15-10)12-5-6-2-3-7(16)4-6/h6-7,16H,2-5H2,1H3,(H,12,13,14,15). The van der Waals surface area contributed by atoms with Crippen LogP contribution in [-0.2, 0) is 0 Å². The number of aromatic nitrogens is 3. The highest BCUT2D eigenvalue weighted by molar-refractivity contribution is 6.28. The largest absolute Gasteiger partial charge is 0.467 e. The maximum Gasteiger partial charge on any atom is 0.322 e. The zero-order valence-corrected chi connectivity index (χ0v) is 10.3. The molecule has 2 rings (SSSR count). The average Bonchev–Trinajstić information content (AvgIpc) is 2.72. The Labute approximate surface area is 104 Å². The molecular formula is C10H15ClN4O2. The van der Waals surface area contributed by atoms with Crippen molar-refractivity contribution in [3.05, 3.63) is 5.28 Å². The van der Waals surface area contributed by atoms with Crippen molar-refractivity contribution in [3.63, 3.8) is 0 Å². The highest BCUT2D eigenvalue weighted by Crippen LogP contribution is 2.25. The number of ether oxygens (including phenoxy) is 1. The molecule has 0 bridgehead atoms. The molecule has 0 aromatic carbocycles. The summed E-state index contributed by atoms with van der Waals surface area (Å²) in [6, 6.07) is 0.193. The van der Waals surface area contributed by atoms with Gasteiger partial charge in [-0.3, -0.25) is 0 Å². The molecule has 1 aliphatic carbocycles. The first-order chi connectivity index (χ1) is 8.17. The number of hydrogen-bond donors (Lipinski definition) is 2. The van der Waals surface area contributed by atoms with Crippen LogP contribution >= 0.6 is 11.6 Å². The van der Waals surface area contributed by atoms with Gasteiger partial charge in [-0.2, -0.15) is 15.0 Å². The van der Waals surface area contributed by atoms with Crippen molar-refractivity contribution in [2.75, 3.05) is 19.0 Å². The second-order valence-corrected chi connectivity index (χ2v) is 4.47. The summed E-state index contributed by atoms with van der Waals surface area (Å²) in [4.78, 5) is 11.8. The van der Waals surface area contributed by atoms with Gasteiger partial charge in [0.2, 0.25) is 11.2 Å². The quantitative estimate of drug-likeness (QED) is 0.842. The molecule has 0 saturated heterocycles. The molecule has 2 atom stereocenters. The third-order valence-electron chi connectivity index (χ3n) is 2.83. The Morgan fingerprint density at radius 3 is 2.88 bits per heavy atom. The fourth-order valence-corrected chi connectivity index (χ4v) is 2.12. The number of hydrogen-bond acceptors (Lipinski definition) is 6. The second-order valence-electron chi connectivity index (χ2n) is 4.13. The van der Waals surface area contributed by atoms with Gasteiger partial charge in [-0.15, -0.1) is 0 Å². The van der Waals surface area contributed by atoms with Crippen molar-refractivity contribution in [1.82, 2.24) is 15.0 Å². The second kappa shape index (κ2) is 5.46. The van der Waals surface area contributed by atoms with Crippen LogP contribution in [0.2, 0.25) is 5.28 Å². The zero-order valence-electron chi connectivity index (χ0n) is 9.56. The summed E-state index contributed by atoms with van der Waals surface area (Å²) >= 11 is 5.73. The summed E-state index contributed by atoms with van der Waals surface area (Å²) in [5.74, 6) is 0.856. The van der Waals surface area contributed by atoms with Crippen LogP contribution in [0.3, 0.4) is 0 Å². The van der Waals surface area contributed by atoms with Gasteiger partial charge in [-0.05, 0) is 36.8 Å². The third-order valence-corrected chi connectivity index (χ3v) is 3.00. The maximum absolute atomic E-state index is 9.41. The van der Waals surface area contributed by atoms with E-state index < -0.39 is 0 Å². The van der Waals surface area contributed by atoms with Gasteiger partial charge in [0.15, 0.2) is 0 Å². The van der Waals surface area contributed by atoms with Gasteiger partial charge < -0.3 is 15.2 Å². The first-order valence-corrected chi connectivity index (χ1v) is 5.92. The van der Waals surface area contributed by atoms with Gasteiger partial charge in [-0.25, -0.2) is 0 Å². The smallest absolute Gasteiger partial charge is 0.322 e. The fraction of sp³-hybridized carbons (Fsp3) is 0.700. The Kier molecular flexibility index (Phi) is 3.96. The normalized spacial score (nSPS) is 23.7. The van der Waals surface area contributed by atoms with Gasteiger partial charge in [0.25, 0.3) is 0 Å². The van der Waals surface area contributed by atoms with E-state index in [1.807, 2.05) is 0 Å². The number of methoxy groups -OCH3 is 1. The van der Waals surface area contributed by atoms with E-state index in [4.69, 9.17) is 16.3 Å². The first-order valence-electron chi connectivity index (χ1n) is 5.55. The highest BCUT2D eigenvalue weighted by atomic mass is 35.5. The minimum absolute atomic E-state index is 0.103. The summed E-state index contributed by atoms with van der Waals surface area (Å²) in [5, 5.41) is 12.6. The molecule has 1 heterocycles. The van der Waals surface area contributed by atoms with Gasteiger partial charge in [-0.1, -0.05) is 0 Å². The Bertz CT molecular complexity index is 391. The molecule has 0 spiro atoms. The molecule has 6 nitrogen and oxygen atoms in total. The van der Waals surface area contributed by atoms with Gasteiger partial charge in [0, 0.05) is 6.54 Å². The molecule has 1 aromatic rings. The molecule has 0 amide bonds. The van der Waals surface area contributed by atoms with Crippen molar-refractivity contribution >= 4 is 17.5 Å². The Morgan fingerprint density at radius 1 is 1.41 bits per heavy atom. The van der Waals surface area contributed by atoms with E-state index in [1.165, 1.54) is 7.11 Å². The molecule has 0 radical (unpaired) electrons. The molecule has 0 aliphatic heterocycles. The molecule has 7 heteroatoms. The fourth-order valence-electron chi connectivity index (χ4n) is 1.97. The van der Waals surface area contributed by atoms with Crippen molar-refractivity contribution in [1.29, 1.82) is 0 Å². The number of rotatable bonds is 4. The van der Waals surface area contributed by atoms with Crippen molar-refractivity contribution in [3.8, 4) is 6.01 Å². The minimum Gasteiger partial charge on any atom is -0.467 e. The first kappa shape index (κ1) is 12.3. The number of aliphatic hydroxyl groups excluding tert-OH is 1. The van der Waals surface area contributed by atoms with E-state index >= 15 is 0 Å². The van der Waals surface area contributed by atoms with Gasteiger partial charge in [0.05, 0.1) is 13.2 Å². The summed E-state index contributed by atoms with van der Waals surface area (Å²) in [6.07, 6.45) is 2.54. The molecule has 2 unspecified atom stereocenters. The summed E-state index contributed by atoms with van der Waals surface area (Å²) in [6.45, 7) is 0.723. The van der Waals surface area contributed by atoms with Crippen molar-refractivity contribution in [2.24, 2.45) is 5.92 Å². The van der Waals surface area contributed by atoms with Crippen molar-refractivity contribution < 1.29 is 9.84 Å². The van der Waals surface area contributed by atoms with Crippen LogP contribution in [0, 0.1) is 5.92 Å². The number of anilines is 1. The van der Waals surface area contributed by atoms with Crippen LogP contribution in [0.1, 0.15) is 19.3 Å². The number of halogens is 1. The molecule has 1 saturated carbocycles. The predicted octanol–water partition coefficient (Wildman–Crippen LogP) is 1.11. The Hall–Kier alpha value is -1.14. The molecule has 2 N–H and O–H groups in total. The van der Waals surface area contributed by atoms with E-state index in [0.717, 1.165) is 25.8 Å². The molecule has 17 heavy (non-hydrogen) atoms. The predicted molar refractivity (Wildman–Crippen MR) is 63.2 cm³/mol. The van der Waals surface area contributed by atoms with Crippen LogP contribution in [-0.4, -0.2) is 39.8 Å². The lowest BCUT2D eigenvalue weighted by Gasteiger charge is -2.10. The van der Waals surface area contributed by atoms with Crippen LogP contribution in [0.4, 0.5) is 5.95 Å². The van der Waals surface area contributed by atoms with Crippen LogP contribution in [0.25, 0.3) is 0 Å². The van der Waals surface area contributed by atoms with Gasteiger partial charge in [0.1, 0.15) is 0 Å². The monoisotopic (exact) mass is 258 g/mol. The van der Waals surface area contributed by atoms with E-state index in [2.05, 4.69) is 20.3 Å². The summed E-state index contributed by atoms with van der Waals surface area (Å²) in [5.41, 5.74) is 0. The van der Waals surface area contributed by atoms with E-state index in [9.17, 15) is 5.11 Å². The lowest BCUT2D eigenvalue weighted by atomic mass is 10.1. The van der Waals surface area contributed by atoms with E-state index in [1.54, 1.807) is 0 Å². The summed E-state index contributed by atoms with van der Waals surface area (Å²) in [7, 11) is 1.47. The zero-order chi connectivity index (χ0) is 12.3. The van der Waals surface area contributed by atoms with Gasteiger partial charge >= 0.3 is 6.01 Å². The Balaban J connectivity index is 1.92.